The zero-order chi connectivity index (χ0) is 19.0. The average Bonchev–Trinajstić information content (AvgIpc) is 2.78. The Hall–Kier alpha value is -3.16. The smallest absolute Gasteiger partial charge is 0.136 e. The van der Waals surface area contributed by atoms with Gasteiger partial charge in [0.25, 0.3) is 0 Å². The fraction of sp³-hybridized carbons (Fsp3) is 0.111. The second kappa shape index (κ2) is 6.47. The molecule has 0 fully saturated rings. The lowest BCUT2D eigenvalue weighted by molar-refractivity contribution is -0.0461. The minimum Gasteiger partial charge on any atom is -0.367 e. The Balaban J connectivity index is 1.95. The van der Waals surface area contributed by atoms with Gasteiger partial charge in [-0.2, -0.15) is 0 Å². The van der Waals surface area contributed by atoms with Crippen LogP contribution < -0.4 is 0 Å². The summed E-state index contributed by atoms with van der Waals surface area (Å²) in [5, 5.41) is 0. The number of hydrogen-bond donors (Lipinski definition) is 0. The second-order valence-electron chi connectivity index (χ2n) is 7.28. The van der Waals surface area contributed by atoms with Gasteiger partial charge in [-0.25, -0.2) is 0 Å². The number of ether oxygens (including phenoxy) is 1. The van der Waals surface area contributed by atoms with Crippen LogP contribution in [-0.2, 0) is 15.8 Å². The fourth-order valence-corrected chi connectivity index (χ4v) is 5.13. The first kappa shape index (κ1) is 17.0. The standard InChI is InChI=1S/C27H22O/c1-28-27(23-17-9-4-10-18-23)25-20-12-11-19-24(25)26(27,21-13-5-2-6-14-21)22-15-7-3-8-16-22/h2-20H,1H3. The number of rotatable bonds is 4. The van der Waals surface area contributed by atoms with Crippen LogP contribution in [0.3, 0.4) is 0 Å². The highest BCUT2D eigenvalue weighted by molar-refractivity contribution is 5.70. The summed E-state index contributed by atoms with van der Waals surface area (Å²) in [5.41, 5.74) is 5.19. The van der Waals surface area contributed by atoms with Crippen molar-refractivity contribution in [2.75, 3.05) is 7.11 Å². The van der Waals surface area contributed by atoms with Crippen molar-refractivity contribution in [3.63, 3.8) is 0 Å². The highest BCUT2D eigenvalue weighted by Crippen LogP contribution is 2.65. The molecule has 1 heteroatoms. The molecule has 0 saturated heterocycles. The summed E-state index contributed by atoms with van der Waals surface area (Å²) in [7, 11) is 1.84. The van der Waals surface area contributed by atoms with Crippen LogP contribution in [0, 0.1) is 0 Å². The Bertz CT molecular complexity index is 1050. The Labute approximate surface area is 166 Å². The monoisotopic (exact) mass is 362 g/mol. The van der Waals surface area contributed by atoms with Gasteiger partial charge in [-0.3, -0.25) is 0 Å². The van der Waals surface area contributed by atoms with Crippen molar-refractivity contribution in [1.29, 1.82) is 0 Å². The molecule has 0 spiro atoms. The summed E-state index contributed by atoms with van der Waals surface area (Å²) < 4.78 is 6.51. The maximum absolute atomic E-state index is 6.51. The minimum absolute atomic E-state index is 0.414. The largest absolute Gasteiger partial charge is 0.367 e. The predicted octanol–water partition coefficient (Wildman–Crippen LogP) is 5.92. The van der Waals surface area contributed by atoms with Gasteiger partial charge in [0, 0.05) is 7.11 Å². The van der Waals surface area contributed by atoms with E-state index in [1.807, 2.05) is 7.11 Å². The molecule has 1 unspecified atom stereocenters. The topological polar surface area (TPSA) is 9.23 Å². The Morgan fingerprint density at radius 3 is 1.32 bits per heavy atom. The SMILES string of the molecule is COC1(c2ccccc2)c2ccccc2C1(c1ccccc1)c1ccccc1. The van der Waals surface area contributed by atoms with Gasteiger partial charge < -0.3 is 4.74 Å². The highest BCUT2D eigenvalue weighted by Gasteiger charge is 2.66. The summed E-state index contributed by atoms with van der Waals surface area (Å²) in [6, 6.07) is 40.8. The van der Waals surface area contributed by atoms with E-state index in [4.69, 9.17) is 4.74 Å². The molecule has 0 aliphatic heterocycles. The lowest BCUT2D eigenvalue weighted by Crippen LogP contribution is -2.61. The maximum atomic E-state index is 6.51. The number of methoxy groups -OCH3 is 1. The van der Waals surface area contributed by atoms with Crippen molar-refractivity contribution in [3.05, 3.63) is 143 Å². The fourth-order valence-electron chi connectivity index (χ4n) is 5.13. The van der Waals surface area contributed by atoms with Crippen LogP contribution in [-0.4, -0.2) is 7.11 Å². The summed E-state index contributed by atoms with van der Waals surface area (Å²) >= 11 is 0. The molecule has 1 nitrogen and oxygen atoms in total. The molecule has 0 bridgehead atoms. The summed E-state index contributed by atoms with van der Waals surface area (Å²) in [6.07, 6.45) is 0. The van der Waals surface area contributed by atoms with Crippen LogP contribution in [0.4, 0.5) is 0 Å². The van der Waals surface area contributed by atoms with E-state index >= 15 is 0 Å². The summed E-state index contributed by atoms with van der Waals surface area (Å²) in [5.74, 6) is 0. The zero-order valence-corrected chi connectivity index (χ0v) is 15.9. The lowest BCUT2D eigenvalue weighted by Gasteiger charge is -2.60. The third-order valence-corrected chi connectivity index (χ3v) is 6.14. The van der Waals surface area contributed by atoms with Gasteiger partial charge in [0.05, 0.1) is 5.41 Å². The molecular weight excluding hydrogens is 340 g/mol. The van der Waals surface area contributed by atoms with Crippen molar-refractivity contribution < 1.29 is 4.74 Å². The Kier molecular flexibility index (Phi) is 3.92. The number of hydrogen-bond acceptors (Lipinski definition) is 1. The van der Waals surface area contributed by atoms with E-state index in [0.29, 0.717) is 0 Å². The van der Waals surface area contributed by atoms with Crippen molar-refractivity contribution in [2.24, 2.45) is 0 Å². The molecule has 4 aromatic carbocycles. The van der Waals surface area contributed by atoms with Crippen LogP contribution in [0.15, 0.2) is 115 Å². The van der Waals surface area contributed by atoms with Gasteiger partial charge in [0.1, 0.15) is 5.60 Å². The molecule has 5 rings (SSSR count). The first-order chi connectivity index (χ1) is 13.9. The molecule has 0 N–H and O–H groups in total. The van der Waals surface area contributed by atoms with Crippen molar-refractivity contribution >= 4 is 0 Å². The van der Waals surface area contributed by atoms with Crippen molar-refractivity contribution in [1.82, 2.24) is 0 Å². The molecule has 28 heavy (non-hydrogen) atoms. The molecule has 0 radical (unpaired) electrons. The summed E-state index contributed by atoms with van der Waals surface area (Å²) in [4.78, 5) is 0. The molecular formula is C27H22O. The molecule has 4 aromatic rings. The van der Waals surface area contributed by atoms with E-state index in [0.717, 1.165) is 0 Å². The van der Waals surface area contributed by atoms with Crippen LogP contribution in [0.5, 0.6) is 0 Å². The first-order valence-corrected chi connectivity index (χ1v) is 9.67. The molecule has 136 valence electrons. The molecule has 0 aromatic heterocycles. The van der Waals surface area contributed by atoms with E-state index in [9.17, 15) is 0 Å². The number of benzene rings is 4. The first-order valence-electron chi connectivity index (χ1n) is 9.67. The van der Waals surface area contributed by atoms with Gasteiger partial charge in [0.15, 0.2) is 0 Å². The summed E-state index contributed by atoms with van der Waals surface area (Å²) in [6.45, 7) is 0. The Morgan fingerprint density at radius 2 is 0.857 bits per heavy atom. The van der Waals surface area contributed by atoms with Gasteiger partial charge in [-0.05, 0) is 27.8 Å². The van der Waals surface area contributed by atoms with Crippen LogP contribution in [0.25, 0.3) is 0 Å². The predicted molar refractivity (Wildman–Crippen MR) is 113 cm³/mol. The molecule has 0 heterocycles. The van der Waals surface area contributed by atoms with E-state index in [2.05, 4.69) is 115 Å². The highest BCUT2D eigenvalue weighted by atomic mass is 16.5. The maximum Gasteiger partial charge on any atom is 0.136 e. The van der Waals surface area contributed by atoms with E-state index < -0.39 is 11.0 Å². The van der Waals surface area contributed by atoms with Crippen LogP contribution in [0.2, 0.25) is 0 Å². The van der Waals surface area contributed by atoms with Crippen molar-refractivity contribution in [2.45, 2.75) is 11.0 Å². The molecule has 1 aliphatic carbocycles. The second-order valence-corrected chi connectivity index (χ2v) is 7.28. The molecule has 0 amide bonds. The zero-order valence-electron chi connectivity index (χ0n) is 15.9. The number of fused-ring (bicyclic) bond motifs is 1. The Morgan fingerprint density at radius 1 is 0.464 bits per heavy atom. The van der Waals surface area contributed by atoms with Gasteiger partial charge in [-0.15, -0.1) is 0 Å². The lowest BCUT2D eigenvalue weighted by atomic mass is 9.46. The van der Waals surface area contributed by atoms with E-state index in [1.165, 1.54) is 27.8 Å². The minimum atomic E-state index is -0.590. The van der Waals surface area contributed by atoms with E-state index in [1.54, 1.807) is 0 Å². The van der Waals surface area contributed by atoms with Crippen molar-refractivity contribution in [3.8, 4) is 0 Å². The average molecular weight is 362 g/mol. The van der Waals surface area contributed by atoms with E-state index in [-0.39, 0.29) is 0 Å². The van der Waals surface area contributed by atoms with Crippen LogP contribution in [0.1, 0.15) is 27.8 Å². The van der Waals surface area contributed by atoms with Crippen LogP contribution >= 0.6 is 0 Å². The quantitative estimate of drug-likeness (QED) is 0.437. The van der Waals surface area contributed by atoms with Gasteiger partial charge in [0.2, 0.25) is 0 Å². The van der Waals surface area contributed by atoms with Gasteiger partial charge >= 0.3 is 0 Å². The molecule has 0 saturated carbocycles. The normalized spacial score (nSPS) is 19.5. The molecule has 1 aliphatic rings. The van der Waals surface area contributed by atoms with Gasteiger partial charge in [-0.1, -0.05) is 115 Å². The molecule has 1 atom stereocenters. The third kappa shape index (κ3) is 2.00. The third-order valence-electron chi connectivity index (χ3n) is 6.14.